The Morgan fingerprint density at radius 3 is 1.57 bits per heavy atom. The summed E-state index contributed by atoms with van der Waals surface area (Å²) in [5.74, 6) is 1.31. The highest BCUT2D eigenvalue weighted by molar-refractivity contribution is 6.33. The summed E-state index contributed by atoms with van der Waals surface area (Å²) in [7, 11) is 0. The Balaban J connectivity index is 0.000000218. The zero-order valence-electron chi connectivity index (χ0n) is 31.9. The van der Waals surface area contributed by atoms with Gasteiger partial charge in [0.25, 0.3) is 0 Å². The van der Waals surface area contributed by atoms with E-state index in [1.165, 1.54) is 0 Å². The van der Waals surface area contributed by atoms with Crippen LogP contribution in [-0.2, 0) is 17.9 Å². The molecule has 4 aromatic carbocycles. The zero-order chi connectivity index (χ0) is 39.6. The molecule has 9 nitrogen and oxygen atoms in total. The van der Waals surface area contributed by atoms with Crippen LogP contribution in [0.4, 0.5) is 11.6 Å². The molecule has 8 aromatic rings. The highest BCUT2D eigenvalue weighted by atomic mass is 35.5. The molecule has 4 aromatic heterocycles. The van der Waals surface area contributed by atoms with Crippen molar-refractivity contribution in [2.75, 3.05) is 11.1 Å². The number of phenols is 2. The molecule has 0 spiro atoms. The molecule has 0 radical (unpaired) electrons. The van der Waals surface area contributed by atoms with Crippen molar-refractivity contribution in [1.82, 2.24) is 19.1 Å². The smallest absolute Gasteiger partial charge is 0.230 e. The maximum Gasteiger partial charge on any atom is 0.230 e. The highest BCUT2D eigenvalue weighted by Gasteiger charge is 2.22. The summed E-state index contributed by atoms with van der Waals surface area (Å²) in [6, 6.07) is 41.3. The third-order valence-corrected chi connectivity index (χ3v) is 9.93. The minimum atomic E-state index is -0.511. The van der Waals surface area contributed by atoms with Gasteiger partial charge in [0.15, 0.2) is 0 Å². The molecule has 0 atom stereocenters. The van der Waals surface area contributed by atoms with Gasteiger partial charge in [-0.15, -0.1) is 24.8 Å². The number of hydrogen-bond acceptors (Lipinski definition) is 6. The predicted octanol–water partition coefficient (Wildman–Crippen LogP) is 11.6. The Kier molecular flexibility index (Phi) is 13.7. The predicted molar refractivity (Wildman–Crippen MR) is 242 cm³/mol. The van der Waals surface area contributed by atoms with Gasteiger partial charge in [0.05, 0.1) is 46.9 Å². The third-order valence-electron chi connectivity index (χ3n) is 9.27. The van der Waals surface area contributed by atoms with Gasteiger partial charge in [-0.1, -0.05) is 92.5 Å². The van der Waals surface area contributed by atoms with Gasteiger partial charge < -0.3 is 30.4 Å². The largest absolute Gasteiger partial charge is 0.508 e. The lowest BCUT2D eigenvalue weighted by Crippen LogP contribution is -2.28. The fraction of sp³-hybridized carbons (Fsp3) is 0.133. The van der Waals surface area contributed by atoms with Crippen molar-refractivity contribution in [2.45, 2.75) is 33.9 Å². The SMILES string of the molecule is CC(C)(C)C(=O)Nc1cccc(Cn2c(-c3ccccc3Cl)cc3ccc(O)cc32)n1.Cl.Cl.Nc1cccc(Cn2c(-c3ccccc3Cl)cc3ccc(O)cc32)n1. The number of halogens is 4. The number of carbonyl (C=O) groups is 1. The first-order chi connectivity index (χ1) is 26.8. The fourth-order valence-electron chi connectivity index (χ4n) is 6.46. The molecule has 0 aliphatic rings. The van der Waals surface area contributed by atoms with E-state index in [-0.39, 0.29) is 42.2 Å². The summed E-state index contributed by atoms with van der Waals surface area (Å²) in [6.07, 6.45) is 0. The van der Waals surface area contributed by atoms with Crippen LogP contribution in [0.5, 0.6) is 11.5 Å². The van der Waals surface area contributed by atoms with Crippen LogP contribution in [0.15, 0.2) is 133 Å². The number of fused-ring (bicyclic) bond motifs is 2. The quantitative estimate of drug-likeness (QED) is 0.126. The van der Waals surface area contributed by atoms with Crippen LogP contribution in [0, 0.1) is 5.41 Å². The van der Waals surface area contributed by atoms with Gasteiger partial charge in [0.2, 0.25) is 5.91 Å². The van der Waals surface area contributed by atoms with Crippen molar-refractivity contribution < 1.29 is 15.0 Å². The number of nitrogen functional groups attached to an aromatic ring is 1. The van der Waals surface area contributed by atoms with Crippen molar-refractivity contribution in [1.29, 1.82) is 0 Å². The zero-order valence-corrected chi connectivity index (χ0v) is 35.0. The molecule has 5 N–H and O–H groups in total. The summed E-state index contributed by atoms with van der Waals surface area (Å²) in [5, 5.41) is 26.2. The molecule has 0 unspecified atom stereocenters. The van der Waals surface area contributed by atoms with E-state index in [1.807, 2.05) is 106 Å². The third kappa shape index (κ3) is 9.69. The van der Waals surface area contributed by atoms with Crippen molar-refractivity contribution in [2.24, 2.45) is 5.41 Å². The summed E-state index contributed by atoms with van der Waals surface area (Å²) in [6.45, 7) is 6.56. The number of hydrogen-bond donors (Lipinski definition) is 4. The van der Waals surface area contributed by atoms with Crippen molar-refractivity contribution >= 4 is 87.4 Å². The average molecular weight is 857 g/mol. The van der Waals surface area contributed by atoms with Crippen molar-refractivity contribution in [3.8, 4) is 34.0 Å². The first-order valence-corrected chi connectivity index (χ1v) is 18.7. The monoisotopic (exact) mass is 854 g/mol. The molecule has 0 aliphatic carbocycles. The standard InChI is InChI=1S/C25H24ClN3O2.C20H16ClN3O.2ClH/c1-25(2,3)24(31)28-23-10-6-7-17(27-23)15-29-21-14-18(30)12-11-16(21)13-22(29)19-8-4-5-9-20(19)26;21-17-6-2-1-5-16(17)19-10-13-8-9-15(25)11-18(13)24(19)12-14-4-3-7-20(22)23-14;;/h4-14,30H,15H2,1-3H3,(H,27,28,31);1-11,25H,12H2,(H2,22,23);2*1H. The molecule has 0 aliphatic heterocycles. The Hall–Kier alpha value is -5.71. The Bertz CT molecular complexity index is 2720. The van der Waals surface area contributed by atoms with Crippen LogP contribution in [-0.4, -0.2) is 35.2 Å². The normalized spacial score (nSPS) is 11.0. The number of phenolic OH excluding ortho intramolecular Hbond substituents is 2. The molecule has 298 valence electrons. The highest BCUT2D eigenvalue weighted by Crippen LogP contribution is 2.36. The minimum Gasteiger partial charge on any atom is -0.508 e. The molecular formula is C45H42Cl4N6O3. The average Bonchev–Trinajstić information content (AvgIpc) is 3.69. The summed E-state index contributed by atoms with van der Waals surface area (Å²) >= 11 is 12.9. The van der Waals surface area contributed by atoms with Gasteiger partial charge in [-0.3, -0.25) is 4.79 Å². The lowest BCUT2D eigenvalue weighted by molar-refractivity contribution is -0.123. The second-order valence-electron chi connectivity index (χ2n) is 14.4. The number of nitrogens with zero attached hydrogens (tertiary/aromatic N) is 4. The fourth-order valence-corrected chi connectivity index (χ4v) is 6.93. The number of nitrogens with one attached hydrogen (secondary N) is 1. The minimum absolute atomic E-state index is 0. The second-order valence-corrected chi connectivity index (χ2v) is 15.3. The molecule has 1 amide bonds. The number of amides is 1. The first kappa shape index (κ1) is 43.4. The molecule has 8 rings (SSSR count). The molecule has 0 fully saturated rings. The van der Waals surface area contributed by atoms with E-state index in [9.17, 15) is 15.0 Å². The lowest BCUT2D eigenvalue weighted by Gasteiger charge is -2.18. The van der Waals surface area contributed by atoms with E-state index in [0.29, 0.717) is 34.8 Å². The molecule has 0 saturated heterocycles. The van der Waals surface area contributed by atoms with Gasteiger partial charge in [0.1, 0.15) is 23.1 Å². The molecule has 0 bridgehead atoms. The van der Waals surface area contributed by atoms with Gasteiger partial charge in [-0.25, -0.2) is 9.97 Å². The number of nitrogens with two attached hydrogens (primary N) is 1. The topological polar surface area (TPSA) is 131 Å². The van der Waals surface area contributed by atoms with Gasteiger partial charge >= 0.3 is 0 Å². The number of anilines is 2. The maximum absolute atomic E-state index is 12.4. The van der Waals surface area contributed by atoms with E-state index in [1.54, 1.807) is 36.4 Å². The lowest BCUT2D eigenvalue weighted by atomic mass is 9.96. The van der Waals surface area contributed by atoms with Crippen LogP contribution >= 0.6 is 48.0 Å². The number of aromatic hydroxyl groups is 2. The number of aromatic nitrogens is 4. The maximum atomic E-state index is 12.4. The number of pyridine rings is 2. The number of carbonyl (C=O) groups excluding carboxylic acids is 1. The van der Waals surface area contributed by atoms with Crippen LogP contribution in [0.2, 0.25) is 10.0 Å². The van der Waals surface area contributed by atoms with E-state index >= 15 is 0 Å². The van der Waals surface area contributed by atoms with Crippen LogP contribution in [0.3, 0.4) is 0 Å². The molecule has 0 saturated carbocycles. The van der Waals surface area contributed by atoms with Crippen LogP contribution in [0.25, 0.3) is 44.3 Å². The van der Waals surface area contributed by atoms with E-state index < -0.39 is 5.41 Å². The van der Waals surface area contributed by atoms with Crippen molar-refractivity contribution in [3.05, 3.63) is 155 Å². The second kappa shape index (κ2) is 18.3. The number of rotatable bonds is 7. The van der Waals surface area contributed by atoms with Gasteiger partial charge in [-0.05, 0) is 72.8 Å². The van der Waals surface area contributed by atoms with Gasteiger partial charge in [-0.2, -0.15) is 0 Å². The Morgan fingerprint density at radius 2 is 1.10 bits per heavy atom. The summed E-state index contributed by atoms with van der Waals surface area (Å²) < 4.78 is 4.17. The Labute approximate surface area is 358 Å². The van der Waals surface area contributed by atoms with E-state index in [0.717, 1.165) is 55.7 Å². The Morgan fingerprint density at radius 1 is 0.638 bits per heavy atom. The molecule has 58 heavy (non-hydrogen) atoms. The van der Waals surface area contributed by atoms with Crippen molar-refractivity contribution in [3.63, 3.8) is 0 Å². The molecule has 13 heteroatoms. The van der Waals surface area contributed by atoms with Crippen LogP contribution < -0.4 is 11.1 Å². The van der Waals surface area contributed by atoms with Gasteiger partial charge in [0, 0.05) is 49.5 Å². The van der Waals surface area contributed by atoms with E-state index in [4.69, 9.17) is 28.9 Å². The van der Waals surface area contributed by atoms with E-state index in [2.05, 4.69) is 36.6 Å². The first-order valence-electron chi connectivity index (χ1n) is 18.0. The molecular weight excluding hydrogens is 814 g/mol. The van der Waals surface area contributed by atoms with Crippen LogP contribution in [0.1, 0.15) is 32.2 Å². The summed E-state index contributed by atoms with van der Waals surface area (Å²) in [4.78, 5) is 21.4. The summed E-state index contributed by atoms with van der Waals surface area (Å²) in [5.41, 5.74) is 12.4. The number of benzene rings is 4. The molecule has 4 heterocycles.